The summed E-state index contributed by atoms with van der Waals surface area (Å²) >= 11 is 0. The van der Waals surface area contributed by atoms with Crippen molar-refractivity contribution in [3.05, 3.63) is 29.8 Å². The summed E-state index contributed by atoms with van der Waals surface area (Å²) in [6, 6.07) is 7.99. The molecule has 1 aliphatic rings. The first-order valence-corrected chi connectivity index (χ1v) is 6.87. The molecule has 0 aromatic heterocycles. The van der Waals surface area contributed by atoms with E-state index in [0.717, 1.165) is 24.2 Å². The summed E-state index contributed by atoms with van der Waals surface area (Å²) in [5, 5.41) is 12.2. The largest absolute Gasteiger partial charge is 0.396 e. The highest BCUT2D eigenvalue weighted by molar-refractivity contribution is 5.86. The molecule has 2 rings (SSSR count). The van der Waals surface area contributed by atoms with Gasteiger partial charge in [0.25, 0.3) is 0 Å². The van der Waals surface area contributed by atoms with Crippen molar-refractivity contribution in [3.8, 4) is 0 Å². The van der Waals surface area contributed by atoms with Gasteiger partial charge in [-0.3, -0.25) is 4.79 Å². The molecule has 1 saturated heterocycles. The number of amides is 1. The summed E-state index contributed by atoms with van der Waals surface area (Å²) < 4.78 is 0. The molecule has 1 aromatic carbocycles. The molecule has 0 radical (unpaired) electrons. The number of anilines is 1. The van der Waals surface area contributed by atoms with E-state index in [2.05, 4.69) is 23.2 Å². The van der Waals surface area contributed by atoms with Crippen LogP contribution in [0.5, 0.6) is 0 Å². The van der Waals surface area contributed by atoms with Gasteiger partial charge in [-0.15, -0.1) is 0 Å². The molecular formula is C15H22N2O2. The first-order valence-electron chi connectivity index (χ1n) is 6.87. The zero-order chi connectivity index (χ0) is 13.8. The Bertz CT molecular complexity index is 448. The minimum atomic E-state index is -0.281. The molecule has 104 valence electrons. The number of benzene rings is 1. The number of carbonyl (C=O) groups excluding carboxylic acids is 1. The van der Waals surface area contributed by atoms with Crippen LogP contribution in [-0.2, 0) is 4.79 Å². The van der Waals surface area contributed by atoms with Gasteiger partial charge in [-0.05, 0) is 38.3 Å². The standard InChI is InChI=1S/C15H22N2O2/c1-11-5-3-4-6-13(11)17-9-7-12(2)16-15(19)14(17)8-10-18/h3-6,12,14,18H,7-10H2,1-2H3,(H,16,19). The van der Waals surface area contributed by atoms with Gasteiger partial charge in [-0.2, -0.15) is 0 Å². The van der Waals surface area contributed by atoms with Gasteiger partial charge in [0.2, 0.25) is 5.91 Å². The van der Waals surface area contributed by atoms with Gasteiger partial charge in [0.15, 0.2) is 0 Å². The summed E-state index contributed by atoms with van der Waals surface area (Å²) in [5.74, 6) is 0.0160. The van der Waals surface area contributed by atoms with Crippen molar-refractivity contribution in [3.63, 3.8) is 0 Å². The highest BCUT2D eigenvalue weighted by Gasteiger charge is 2.30. The average molecular weight is 262 g/mol. The van der Waals surface area contributed by atoms with Crippen molar-refractivity contribution >= 4 is 11.6 Å². The molecule has 1 heterocycles. The summed E-state index contributed by atoms with van der Waals surface area (Å²) in [6.45, 7) is 4.93. The quantitative estimate of drug-likeness (QED) is 0.867. The van der Waals surface area contributed by atoms with E-state index >= 15 is 0 Å². The highest BCUT2D eigenvalue weighted by atomic mass is 16.3. The molecule has 1 amide bonds. The normalized spacial score (nSPS) is 23.9. The van der Waals surface area contributed by atoms with Crippen molar-refractivity contribution in [2.75, 3.05) is 18.1 Å². The highest BCUT2D eigenvalue weighted by Crippen LogP contribution is 2.25. The van der Waals surface area contributed by atoms with Crippen LogP contribution in [0, 0.1) is 6.92 Å². The minimum Gasteiger partial charge on any atom is -0.396 e. The molecule has 19 heavy (non-hydrogen) atoms. The van der Waals surface area contributed by atoms with Crippen LogP contribution >= 0.6 is 0 Å². The molecular weight excluding hydrogens is 240 g/mol. The number of aliphatic hydroxyl groups is 1. The lowest BCUT2D eigenvalue weighted by molar-refractivity contribution is -0.122. The minimum absolute atomic E-state index is 0.0160. The number of nitrogens with one attached hydrogen (secondary N) is 1. The van der Waals surface area contributed by atoms with Crippen LogP contribution in [0.25, 0.3) is 0 Å². The smallest absolute Gasteiger partial charge is 0.242 e. The van der Waals surface area contributed by atoms with E-state index in [-0.39, 0.29) is 24.6 Å². The first kappa shape index (κ1) is 13.9. The van der Waals surface area contributed by atoms with E-state index in [1.54, 1.807) is 0 Å². The Morgan fingerprint density at radius 3 is 2.84 bits per heavy atom. The SMILES string of the molecule is Cc1ccccc1N1CCC(C)NC(=O)C1CCO. The molecule has 1 aliphatic heterocycles. The third-order valence-corrected chi connectivity index (χ3v) is 3.70. The predicted octanol–water partition coefficient (Wildman–Crippen LogP) is 1.46. The Morgan fingerprint density at radius 2 is 2.16 bits per heavy atom. The number of hydrogen-bond donors (Lipinski definition) is 2. The van der Waals surface area contributed by atoms with Crippen LogP contribution in [0.1, 0.15) is 25.3 Å². The molecule has 0 aliphatic carbocycles. The third-order valence-electron chi connectivity index (χ3n) is 3.70. The lowest BCUT2D eigenvalue weighted by Gasteiger charge is -2.31. The van der Waals surface area contributed by atoms with E-state index in [4.69, 9.17) is 0 Å². The van der Waals surface area contributed by atoms with E-state index in [9.17, 15) is 9.90 Å². The van der Waals surface area contributed by atoms with Crippen molar-refractivity contribution in [2.24, 2.45) is 0 Å². The fourth-order valence-electron chi connectivity index (χ4n) is 2.62. The van der Waals surface area contributed by atoms with Gasteiger partial charge in [-0.25, -0.2) is 0 Å². The zero-order valence-electron chi connectivity index (χ0n) is 11.6. The molecule has 1 fully saturated rings. The fourth-order valence-corrected chi connectivity index (χ4v) is 2.62. The van der Waals surface area contributed by atoms with Crippen molar-refractivity contribution in [1.29, 1.82) is 0 Å². The van der Waals surface area contributed by atoms with Crippen LogP contribution < -0.4 is 10.2 Å². The van der Waals surface area contributed by atoms with E-state index in [1.807, 2.05) is 25.1 Å². The zero-order valence-corrected chi connectivity index (χ0v) is 11.6. The van der Waals surface area contributed by atoms with Crippen molar-refractivity contribution in [2.45, 2.75) is 38.8 Å². The van der Waals surface area contributed by atoms with Gasteiger partial charge in [0.1, 0.15) is 6.04 Å². The summed E-state index contributed by atoms with van der Waals surface area (Å²) in [7, 11) is 0. The fraction of sp³-hybridized carbons (Fsp3) is 0.533. The average Bonchev–Trinajstić information content (AvgIpc) is 2.51. The monoisotopic (exact) mass is 262 g/mol. The molecule has 2 N–H and O–H groups in total. The number of aliphatic hydroxyl groups excluding tert-OH is 1. The topological polar surface area (TPSA) is 52.6 Å². The maximum absolute atomic E-state index is 12.2. The van der Waals surface area contributed by atoms with Crippen LogP contribution in [-0.4, -0.2) is 36.2 Å². The second-order valence-electron chi connectivity index (χ2n) is 5.21. The number of carbonyl (C=O) groups is 1. The second kappa shape index (κ2) is 6.06. The van der Waals surface area contributed by atoms with Crippen LogP contribution in [0.3, 0.4) is 0 Å². The maximum Gasteiger partial charge on any atom is 0.242 e. The maximum atomic E-state index is 12.2. The molecule has 4 heteroatoms. The molecule has 2 unspecified atom stereocenters. The summed E-state index contributed by atoms with van der Waals surface area (Å²) in [4.78, 5) is 14.4. The van der Waals surface area contributed by atoms with E-state index in [0.29, 0.717) is 6.42 Å². The second-order valence-corrected chi connectivity index (χ2v) is 5.21. The van der Waals surface area contributed by atoms with Gasteiger partial charge in [0.05, 0.1) is 0 Å². The first-order chi connectivity index (χ1) is 9.13. The third kappa shape index (κ3) is 3.07. The Kier molecular flexibility index (Phi) is 4.43. The van der Waals surface area contributed by atoms with E-state index in [1.165, 1.54) is 0 Å². The number of nitrogens with zero attached hydrogens (tertiary/aromatic N) is 1. The van der Waals surface area contributed by atoms with Crippen LogP contribution in [0.4, 0.5) is 5.69 Å². The number of rotatable bonds is 3. The number of aryl methyl sites for hydroxylation is 1. The molecule has 0 saturated carbocycles. The predicted molar refractivity (Wildman–Crippen MR) is 76.2 cm³/mol. The van der Waals surface area contributed by atoms with Crippen molar-refractivity contribution < 1.29 is 9.90 Å². The molecule has 4 nitrogen and oxygen atoms in total. The van der Waals surface area contributed by atoms with Gasteiger partial charge in [0, 0.05) is 24.9 Å². The Morgan fingerprint density at radius 1 is 1.42 bits per heavy atom. The molecule has 1 aromatic rings. The Labute approximate surface area is 114 Å². The van der Waals surface area contributed by atoms with Crippen LogP contribution in [0.15, 0.2) is 24.3 Å². The Hall–Kier alpha value is -1.55. The number of hydrogen-bond acceptors (Lipinski definition) is 3. The van der Waals surface area contributed by atoms with Crippen LogP contribution in [0.2, 0.25) is 0 Å². The van der Waals surface area contributed by atoms with Gasteiger partial charge >= 0.3 is 0 Å². The van der Waals surface area contributed by atoms with Crippen molar-refractivity contribution in [1.82, 2.24) is 5.32 Å². The van der Waals surface area contributed by atoms with Gasteiger partial charge < -0.3 is 15.3 Å². The molecule has 2 atom stereocenters. The van der Waals surface area contributed by atoms with Gasteiger partial charge in [-0.1, -0.05) is 18.2 Å². The molecule has 0 spiro atoms. The summed E-state index contributed by atoms with van der Waals surface area (Å²) in [6.07, 6.45) is 1.38. The molecule has 0 bridgehead atoms. The lowest BCUT2D eigenvalue weighted by atomic mass is 10.1. The number of para-hydroxylation sites is 1. The van der Waals surface area contributed by atoms with E-state index < -0.39 is 0 Å². The Balaban J connectivity index is 2.33. The summed E-state index contributed by atoms with van der Waals surface area (Å²) in [5.41, 5.74) is 2.25. The lowest BCUT2D eigenvalue weighted by Crippen LogP contribution is -2.46.